The van der Waals surface area contributed by atoms with Crippen LogP contribution in [0.25, 0.3) is 0 Å². The van der Waals surface area contributed by atoms with Gasteiger partial charge in [-0.3, -0.25) is 9.69 Å². The lowest BCUT2D eigenvalue weighted by Gasteiger charge is -2.32. The van der Waals surface area contributed by atoms with Crippen molar-refractivity contribution in [3.63, 3.8) is 0 Å². The summed E-state index contributed by atoms with van der Waals surface area (Å²) in [6, 6.07) is 8.56. The van der Waals surface area contributed by atoms with Gasteiger partial charge in [-0.05, 0) is 31.9 Å². The van der Waals surface area contributed by atoms with Crippen LogP contribution in [0.5, 0.6) is 0 Å². The summed E-state index contributed by atoms with van der Waals surface area (Å²) < 4.78 is 0. The van der Waals surface area contributed by atoms with Gasteiger partial charge in [-0.1, -0.05) is 29.8 Å². The van der Waals surface area contributed by atoms with Gasteiger partial charge in [0, 0.05) is 45.2 Å². The van der Waals surface area contributed by atoms with Crippen molar-refractivity contribution >= 4 is 5.91 Å². The van der Waals surface area contributed by atoms with Crippen LogP contribution in [0, 0.1) is 12.8 Å². The Morgan fingerprint density at radius 2 is 2.05 bits per heavy atom. The second-order valence-electron chi connectivity index (χ2n) is 6.80. The van der Waals surface area contributed by atoms with Crippen molar-refractivity contribution in [1.82, 2.24) is 15.1 Å². The molecule has 120 valence electrons. The molecule has 3 rings (SSSR count). The third-order valence-electron chi connectivity index (χ3n) is 4.92. The standard InChI is InChI=1S/C18H27N3O/c1-14-4-3-5-15(12-14)16-13-17(16)18(22)19-6-7-21-10-8-20(2)9-11-21/h3-5,12,16-17H,6-11,13H2,1-2H3,(H,19,22)/t16-,17+/m1/s1. The number of hydrogen-bond donors (Lipinski definition) is 1. The molecular formula is C18H27N3O. The lowest BCUT2D eigenvalue weighted by molar-refractivity contribution is -0.122. The number of amides is 1. The maximum absolute atomic E-state index is 12.2. The topological polar surface area (TPSA) is 35.6 Å². The lowest BCUT2D eigenvalue weighted by Crippen LogP contribution is -2.47. The summed E-state index contributed by atoms with van der Waals surface area (Å²) >= 11 is 0. The van der Waals surface area contributed by atoms with Crippen LogP contribution in [0.2, 0.25) is 0 Å². The number of carbonyl (C=O) groups is 1. The van der Waals surface area contributed by atoms with Crippen molar-refractivity contribution in [2.45, 2.75) is 19.3 Å². The number of hydrogen-bond acceptors (Lipinski definition) is 3. The highest BCUT2D eigenvalue weighted by atomic mass is 16.2. The highest BCUT2D eigenvalue weighted by Crippen LogP contribution is 2.47. The number of aryl methyl sites for hydroxylation is 1. The smallest absolute Gasteiger partial charge is 0.223 e. The van der Waals surface area contributed by atoms with E-state index in [0.717, 1.165) is 45.7 Å². The molecule has 2 aliphatic rings. The molecule has 4 nitrogen and oxygen atoms in total. The Kier molecular flexibility index (Phi) is 4.79. The van der Waals surface area contributed by atoms with Crippen LogP contribution in [-0.4, -0.2) is 62.0 Å². The van der Waals surface area contributed by atoms with Crippen LogP contribution in [0.3, 0.4) is 0 Å². The second kappa shape index (κ2) is 6.80. The highest BCUT2D eigenvalue weighted by molar-refractivity contribution is 5.82. The van der Waals surface area contributed by atoms with E-state index >= 15 is 0 Å². The second-order valence-corrected chi connectivity index (χ2v) is 6.80. The van der Waals surface area contributed by atoms with Crippen LogP contribution in [0.4, 0.5) is 0 Å². The predicted octanol–water partition coefficient (Wildman–Crippen LogP) is 1.46. The van der Waals surface area contributed by atoms with Gasteiger partial charge in [-0.15, -0.1) is 0 Å². The quantitative estimate of drug-likeness (QED) is 0.894. The number of likely N-dealkylation sites (N-methyl/N-ethyl adjacent to an activating group) is 1. The minimum atomic E-state index is 0.189. The molecule has 1 aromatic carbocycles. The fourth-order valence-electron chi connectivity index (χ4n) is 3.29. The average molecular weight is 301 g/mol. The fraction of sp³-hybridized carbons (Fsp3) is 0.611. The van der Waals surface area contributed by atoms with Gasteiger partial charge in [0.25, 0.3) is 0 Å². The fourth-order valence-corrected chi connectivity index (χ4v) is 3.29. The first kappa shape index (κ1) is 15.5. The first-order chi connectivity index (χ1) is 10.6. The Hall–Kier alpha value is -1.39. The van der Waals surface area contributed by atoms with E-state index in [9.17, 15) is 4.79 Å². The zero-order valence-electron chi connectivity index (χ0n) is 13.7. The van der Waals surface area contributed by atoms with E-state index in [-0.39, 0.29) is 11.8 Å². The molecule has 1 saturated carbocycles. The monoisotopic (exact) mass is 301 g/mol. The summed E-state index contributed by atoms with van der Waals surface area (Å²) in [4.78, 5) is 17.0. The molecule has 1 aliphatic carbocycles. The van der Waals surface area contributed by atoms with Gasteiger partial charge < -0.3 is 10.2 Å². The van der Waals surface area contributed by atoms with Crippen molar-refractivity contribution in [1.29, 1.82) is 0 Å². The predicted molar refractivity (Wildman–Crippen MR) is 89.0 cm³/mol. The molecule has 1 amide bonds. The highest BCUT2D eigenvalue weighted by Gasteiger charge is 2.43. The molecule has 4 heteroatoms. The van der Waals surface area contributed by atoms with E-state index in [4.69, 9.17) is 0 Å². The van der Waals surface area contributed by atoms with Crippen molar-refractivity contribution in [2.24, 2.45) is 5.92 Å². The van der Waals surface area contributed by atoms with Crippen LogP contribution < -0.4 is 5.32 Å². The van der Waals surface area contributed by atoms with E-state index in [2.05, 4.69) is 53.4 Å². The minimum absolute atomic E-state index is 0.189. The van der Waals surface area contributed by atoms with Gasteiger partial charge in [-0.25, -0.2) is 0 Å². The molecule has 22 heavy (non-hydrogen) atoms. The Morgan fingerprint density at radius 1 is 1.27 bits per heavy atom. The summed E-state index contributed by atoms with van der Waals surface area (Å²) in [6.07, 6.45) is 1.00. The molecule has 0 spiro atoms. The van der Waals surface area contributed by atoms with E-state index in [0.29, 0.717) is 5.92 Å². The summed E-state index contributed by atoms with van der Waals surface area (Å²) in [5, 5.41) is 3.12. The summed E-state index contributed by atoms with van der Waals surface area (Å²) in [6.45, 7) is 8.35. The molecule has 2 fully saturated rings. The number of rotatable bonds is 5. The molecule has 1 saturated heterocycles. The number of nitrogens with zero attached hydrogens (tertiary/aromatic N) is 2. The first-order valence-electron chi connectivity index (χ1n) is 8.38. The summed E-state index contributed by atoms with van der Waals surface area (Å²) in [5.74, 6) is 0.860. The average Bonchev–Trinajstić information content (AvgIpc) is 3.30. The third-order valence-corrected chi connectivity index (χ3v) is 4.92. The molecule has 1 aliphatic heterocycles. The molecule has 0 radical (unpaired) electrons. The number of benzene rings is 1. The van der Waals surface area contributed by atoms with Crippen molar-refractivity contribution in [3.8, 4) is 0 Å². The Morgan fingerprint density at radius 3 is 2.77 bits per heavy atom. The van der Waals surface area contributed by atoms with Crippen molar-refractivity contribution < 1.29 is 4.79 Å². The Bertz CT molecular complexity index is 523. The molecule has 1 N–H and O–H groups in total. The summed E-state index contributed by atoms with van der Waals surface area (Å²) in [7, 11) is 2.16. The minimum Gasteiger partial charge on any atom is -0.355 e. The van der Waals surface area contributed by atoms with Crippen LogP contribution in [0.15, 0.2) is 24.3 Å². The molecule has 0 unspecified atom stereocenters. The maximum Gasteiger partial charge on any atom is 0.223 e. The van der Waals surface area contributed by atoms with Crippen LogP contribution in [-0.2, 0) is 4.79 Å². The van der Waals surface area contributed by atoms with E-state index < -0.39 is 0 Å². The van der Waals surface area contributed by atoms with E-state index in [1.807, 2.05) is 0 Å². The molecule has 0 bridgehead atoms. The number of nitrogens with one attached hydrogen (secondary N) is 1. The van der Waals surface area contributed by atoms with Crippen molar-refractivity contribution in [3.05, 3.63) is 35.4 Å². The molecule has 2 atom stereocenters. The maximum atomic E-state index is 12.2. The van der Waals surface area contributed by atoms with Crippen LogP contribution in [0.1, 0.15) is 23.5 Å². The van der Waals surface area contributed by atoms with Gasteiger partial charge in [0.05, 0.1) is 0 Å². The molecule has 0 aromatic heterocycles. The largest absolute Gasteiger partial charge is 0.355 e. The van der Waals surface area contributed by atoms with Gasteiger partial charge in [0.1, 0.15) is 0 Å². The Balaban J connectivity index is 1.39. The zero-order chi connectivity index (χ0) is 15.5. The van der Waals surface area contributed by atoms with E-state index in [1.165, 1.54) is 11.1 Å². The molecule has 1 aromatic rings. The van der Waals surface area contributed by atoms with Crippen molar-refractivity contribution in [2.75, 3.05) is 46.3 Å². The Labute approximate surface area is 133 Å². The summed E-state index contributed by atoms with van der Waals surface area (Å²) in [5.41, 5.74) is 2.60. The normalized spacial score (nSPS) is 25.9. The molecular weight excluding hydrogens is 274 g/mol. The lowest BCUT2D eigenvalue weighted by atomic mass is 10.1. The number of piperazine rings is 1. The zero-order valence-corrected chi connectivity index (χ0v) is 13.7. The third kappa shape index (κ3) is 3.87. The van der Waals surface area contributed by atoms with Crippen LogP contribution >= 0.6 is 0 Å². The van der Waals surface area contributed by atoms with Gasteiger partial charge in [0.2, 0.25) is 5.91 Å². The SMILES string of the molecule is Cc1cccc([C@H]2C[C@@H]2C(=O)NCCN2CCN(C)CC2)c1. The van der Waals surface area contributed by atoms with E-state index in [1.54, 1.807) is 0 Å². The first-order valence-corrected chi connectivity index (χ1v) is 8.38. The molecule has 1 heterocycles. The van der Waals surface area contributed by atoms with Gasteiger partial charge in [-0.2, -0.15) is 0 Å². The van der Waals surface area contributed by atoms with Gasteiger partial charge in [0.15, 0.2) is 0 Å². The number of carbonyl (C=O) groups excluding carboxylic acids is 1. The van der Waals surface area contributed by atoms with Gasteiger partial charge >= 0.3 is 0 Å².